The molecule has 0 spiro atoms. The van der Waals surface area contributed by atoms with E-state index in [2.05, 4.69) is 20.7 Å². The predicted molar refractivity (Wildman–Crippen MR) is 76.4 cm³/mol. The van der Waals surface area contributed by atoms with Crippen molar-refractivity contribution in [1.82, 2.24) is 4.72 Å². The summed E-state index contributed by atoms with van der Waals surface area (Å²) < 4.78 is 27.7. The SMILES string of the molecule is Cc1sc(Br)cc1S(=O)(=O)NC(C)C(C)CCl. The van der Waals surface area contributed by atoms with Gasteiger partial charge in [0.25, 0.3) is 0 Å². The molecule has 0 saturated carbocycles. The van der Waals surface area contributed by atoms with Crippen LogP contribution in [0.1, 0.15) is 18.7 Å². The molecule has 1 N–H and O–H groups in total. The molecule has 0 aliphatic rings. The average Bonchev–Trinajstić information content (AvgIpc) is 2.56. The van der Waals surface area contributed by atoms with Crippen molar-refractivity contribution in [1.29, 1.82) is 0 Å². The molecule has 98 valence electrons. The van der Waals surface area contributed by atoms with Crippen LogP contribution >= 0.6 is 38.9 Å². The van der Waals surface area contributed by atoms with E-state index in [9.17, 15) is 8.42 Å². The van der Waals surface area contributed by atoms with Crippen LogP contribution in [0.2, 0.25) is 0 Å². The fraction of sp³-hybridized carbons (Fsp3) is 0.600. The van der Waals surface area contributed by atoms with Gasteiger partial charge >= 0.3 is 0 Å². The van der Waals surface area contributed by atoms with Gasteiger partial charge in [-0.05, 0) is 41.8 Å². The minimum atomic E-state index is -3.45. The van der Waals surface area contributed by atoms with Crippen molar-refractivity contribution in [3.05, 3.63) is 14.7 Å². The van der Waals surface area contributed by atoms with Crippen LogP contribution in [0.4, 0.5) is 0 Å². The molecule has 2 atom stereocenters. The number of rotatable bonds is 5. The maximum absolute atomic E-state index is 12.1. The normalized spacial score (nSPS) is 15.8. The lowest BCUT2D eigenvalue weighted by molar-refractivity contribution is 0.480. The minimum absolute atomic E-state index is 0.0915. The monoisotopic (exact) mass is 359 g/mol. The molecule has 0 aliphatic carbocycles. The Labute approximate surface area is 120 Å². The number of alkyl halides is 1. The predicted octanol–water partition coefficient (Wildman–Crippen LogP) is 3.36. The smallest absolute Gasteiger partial charge is 0.208 e. The van der Waals surface area contributed by atoms with E-state index in [-0.39, 0.29) is 12.0 Å². The topological polar surface area (TPSA) is 46.2 Å². The summed E-state index contributed by atoms with van der Waals surface area (Å²) in [4.78, 5) is 1.11. The summed E-state index contributed by atoms with van der Waals surface area (Å²) in [5.41, 5.74) is 0. The van der Waals surface area contributed by atoms with Crippen molar-refractivity contribution >= 4 is 48.9 Å². The molecular weight excluding hydrogens is 346 g/mol. The van der Waals surface area contributed by atoms with E-state index in [0.717, 1.165) is 8.66 Å². The molecule has 17 heavy (non-hydrogen) atoms. The fourth-order valence-electron chi connectivity index (χ4n) is 1.26. The van der Waals surface area contributed by atoms with Gasteiger partial charge in [0.05, 0.1) is 8.68 Å². The molecule has 0 aliphatic heterocycles. The number of thiophene rings is 1. The molecule has 7 heteroatoms. The van der Waals surface area contributed by atoms with Crippen molar-refractivity contribution in [2.45, 2.75) is 31.7 Å². The summed E-state index contributed by atoms with van der Waals surface area (Å²) in [6.07, 6.45) is 0. The van der Waals surface area contributed by atoms with Crippen molar-refractivity contribution < 1.29 is 8.42 Å². The molecule has 2 unspecified atom stereocenters. The van der Waals surface area contributed by atoms with E-state index in [0.29, 0.717) is 10.8 Å². The first-order valence-corrected chi connectivity index (χ1v) is 8.75. The van der Waals surface area contributed by atoms with Gasteiger partial charge in [-0.1, -0.05) is 6.92 Å². The standard InChI is InChI=1S/C10H15BrClNO2S2/c1-6(5-12)7(2)13-17(14,15)9-4-10(11)16-8(9)3/h4,6-7,13H,5H2,1-3H3. The molecule has 1 aromatic heterocycles. The van der Waals surface area contributed by atoms with Gasteiger partial charge in [-0.2, -0.15) is 0 Å². The first-order chi connectivity index (χ1) is 7.77. The second-order valence-corrected chi connectivity index (χ2v) is 8.64. The molecule has 1 rings (SSSR count). The van der Waals surface area contributed by atoms with Crippen molar-refractivity contribution in [3.8, 4) is 0 Å². The molecule has 1 aromatic rings. The zero-order valence-electron chi connectivity index (χ0n) is 9.83. The Morgan fingerprint density at radius 3 is 2.53 bits per heavy atom. The van der Waals surface area contributed by atoms with Crippen molar-refractivity contribution in [2.75, 3.05) is 5.88 Å². The number of nitrogens with one attached hydrogen (secondary N) is 1. The Balaban J connectivity index is 2.93. The molecule has 0 bridgehead atoms. The van der Waals surface area contributed by atoms with Gasteiger partial charge in [-0.15, -0.1) is 22.9 Å². The highest BCUT2D eigenvalue weighted by Gasteiger charge is 2.23. The molecule has 3 nitrogen and oxygen atoms in total. The Bertz CT molecular complexity index is 486. The second-order valence-electron chi connectivity index (χ2n) is 4.01. The summed E-state index contributed by atoms with van der Waals surface area (Å²) in [6.45, 7) is 5.53. The van der Waals surface area contributed by atoms with Gasteiger partial charge in [0.2, 0.25) is 10.0 Å². The van der Waals surface area contributed by atoms with Crippen LogP contribution in [-0.4, -0.2) is 20.3 Å². The maximum atomic E-state index is 12.1. The highest BCUT2D eigenvalue weighted by Crippen LogP contribution is 2.29. The molecule has 0 fully saturated rings. The third kappa shape index (κ3) is 3.92. The van der Waals surface area contributed by atoms with E-state index < -0.39 is 10.0 Å². The lowest BCUT2D eigenvalue weighted by Gasteiger charge is -2.18. The summed E-state index contributed by atoms with van der Waals surface area (Å²) >= 11 is 10.4. The largest absolute Gasteiger partial charge is 0.241 e. The first kappa shape index (κ1) is 15.4. The highest BCUT2D eigenvalue weighted by molar-refractivity contribution is 9.11. The first-order valence-electron chi connectivity index (χ1n) is 5.12. The van der Waals surface area contributed by atoms with Gasteiger partial charge < -0.3 is 0 Å². The Kier molecular flexibility index (Phi) is 5.46. The van der Waals surface area contributed by atoms with E-state index in [4.69, 9.17) is 11.6 Å². The Morgan fingerprint density at radius 1 is 1.53 bits per heavy atom. The number of hydrogen-bond donors (Lipinski definition) is 1. The lowest BCUT2D eigenvalue weighted by atomic mass is 10.1. The zero-order valence-corrected chi connectivity index (χ0v) is 13.8. The lowest BCUT2D eigenvalue weighted by Crippen LogP contribution is -2.37. The third-order valence-corrected chi connectivity index (χ3v) is 6.42. The number of halogens is 2. The third-order valence-electron chi connectivity index (χ3n) is 2.57. The van der Waals surface area contributed by atoms with Crippen LogP contribution < -0.4 is 4.72 Å². The zero-order chi connectivity index (χ0) is 13.2. The molecule has 0 radical (unpaired) electrons. The number of hydrogen-bond acceptors (Lipinski definition) is 3. The minimum Gasteiger partial charge on any atom is -0.208 e. The molecule has 0 aromatic carbocycles. The van der Waals surface area contributed by atoms with E-state index in [1.54, 1.807) is 13.0 Å². The number of aryl methyl sites for hydroxylation is 1. The van der Waals surface area contributed by atoms with Crippen molar-refractivity contribution in [2.24, 2.45) is 5.92 Å². The maximum Gasteiger partial charge on any atom is 0.241 e. The fourth-order valence-corrected chi connectivity index (χ4v) is 5.29. The van der Waals surface area contributed by atoms with Crippen LogP contribution in [0.25, 0.3) is 0 Å². The van der Waals surface area contributed by atoms with Gasteiger partial charge in [0.15, 0.2) is 0 Å². The van der Waals surface area contributed by atoms with Crippen LogP contribution in [0, 0.1) is 12.8 Å². The molecule has 0 saturated heterocycles. The summed E-state index contributed by atoms with van der Waals surface area (Å²) in [5, 5.41) is 0. The Morgan fingerprint density at radius 2 is 2.12 bits per heavy atom. The number of sulfonamides is 1. The van der Waals surface area contributed by atoms with Crippen LogP contribution in [-0.2, 0) is 10.0 Å². The molecule has 0 amide bonds. The van der Waals surface area contributed by atoms with Crippen LogP contribution in [0.3, 0.4) is 0 Å². The van der Waals surface area contributed by atoms with Crippen molar-refractivity contribution in [3.63, 3.8) is 0 Å². The van der Waals surface area contributed by atoms with Gasteiger partial charge in [-0.3, -0.25) is 0 Å². The Hall–Kier alpha value is 0.380. The average molecular weight is 361 g/mol. The van der Waals surface area contributed by atoms with Gasteiger partial charge in [0, 0.05) is 16.8 Å². The van der Waals surface area contributed by atoms with Crippen LogP contribution in [0.5, 0.6) is 0 Å². The van der Waals surface area contributed by atoms with E-state index in [1.807, 2.05) is 13.8 Å². The quantitative estimate of drug-likeness (QED) is 0.818. The summed E-state index contributed by atoms with van der Waals surface area (Å²) in [7, 11) is -3.45. The molecule has 1 heterocycles. The van der Waals surface area contributed by atoms with Gasteiger partial charge in [0.1, 0.15) is 0 Å². The van der Waals surface area contributed by atoms with E-state index >= 15 is 0 Å². The van der Waals surface area contributed by atoms with E-state index in [1.165, 1.54) is 11.3 Å². The second kappa shape index (κ2) is 6.02. The summed E-state index contributed by atoms with van der Waals surface area (Å²) in [6, 6.07) is 1.44. The van der Waals surface area contributed by atoms with Gasteiger partial charge in [-0.25, -0.2) is 13.1 Å². The van der Waals surface area contributed by atoms with Crippen LogP contribution in [0.15, 0.2) is 14.7 Å². The highest BCUT2D eigenvalue weighted by atomic mass is 79.9. The molecular formula is C10H15BrClNO2S2. The summed E-state index contributed by atoms with van der Waals surface area (Å²) in [5.74, 6) is 0.518.